The molecule has 4 heterocycles. The Balaban J connectivity index is 0.000000169. The maximum Gasteiger partial charge on any atom is 0.152 e. The number of fused-ring (bicyclic) bond motifs is 6. The number of aryl methyl sites for hydroxylation is 1. The van der Waals surface area contributed by atoms with Crippen LogP contribution >= 0.6 is 0 Å². The maximum atomic E-state index is 6.24. The summed E-state index contributed by atoms with van der Waals surface area (Å²) in [5.74, 6) is 1.60. The molecule has 0 amide bonds. The van der Waals surface area contributed by atoms with E-state index in [4.69, 9.17) is 10.7 Å². The molecule has 4 aromatic heterocycles. The number of unbranched alkanes of at least 4 members (excludes halogenated alkanes) is 1. The van der Waals surface area contributed by atoms with E-state index in [-0.39, 0.29) is 0 Å². The molecule has 7 aromatic rings. The van der Waals surface area contributed by atoms with Crippen molar-refractivity contribution in [1.82, 2.24) is 29.5 Å². The van der Waals surface area contributed by atoms with Crippen molar-refractivity contribution < 1.29 is 0 Å². The molecule has 0 fully saturated rings. The molecule has 3 N–H and O–H groups in total. The lowest BCUT2D eigenvalue weighted by Gasteiger charge is -2.11. The van der Waals surface area contributed by atoms with Crippen LogP contribution < -0.4 is 5.73 Å². The monoisotopic (exact) mass is 499 g/mol. The van der Waals surface area contributed by atoms with Gasteiger partial charge in [-0.1, -0.05) is 74.0 Å². The topological polar surface area (TPSA) is 98.3 Å². The number of nitrogens with one attached hydrogen (secondary N) is 1. The van der Waals surface area contributed by atoms with Crippen LogP contribution in [-0.2, 0) is 13.0 Å². The van der Waals surface area contributed by atoms with Gasteiger partial charge >= 0.3 is 0 Å². The van der Waals surface area contributed by atoms with Crippen molar-refractivity contribution in [3.05, 3.63) is 103 Å². The largest absolute Gasteiger partial charge is 0.382 e. The van der Waals surface area contributed by atoms with E-state index >= 15 is 0 Å². The molecule has 0 aliphatic rings. The number of para-hydroxylation sites is 1. The van der Waals surface area contributed by atoms with Gasteiger partial charge in [-0.15, -0.1) is 0 Å². The van der Waals surface area contributed by atoms with E-state index in [1.54, 1.807) is 12.5 Å². The Hall–Kier alpha value is -4.78. The van der Waals surface area contributed by atoms with Gasteiger partial charge < -0.3 is 15.3 Å². The minimum atomic E-state index is 0.512. The van der Waals surface area contributed by atoms with Gasteiger partial charge in [0.15, 0.2) is 5.82 Å². The van der Waals surface area contributed by atoms with Crippen molar-refractivity contribution >= 4 is 49.7 Å². The highest BCUT2D eigenvalue weighted by Crippen LogP contribution is 2.30. The Morgan fingerprint density at radius 3 is 2.53 bits per heavy atom. The molecule has 7 rings (SSSR count). The summed E-state index contributed by atoms with van der Waals surface area (Å²) in [5.41, 5.74) is 13.3. The molecule has 7 nitrogen and oxygen atoms in total. The number of anilines is 1. The van der Waals surface area contributed by atoms with E-state index in [9.17, 15) is 0 Å². The van der Waals surface area contributed by atoms with Crippen LogP contribution in [0.2, 0.25) is 0 Å². The second kappa shape index (κ2) is 10.3. The number of H-pyrrole nitrogens is 1. The first-order chi connectivity index (χ1) is 18.7. The van der Waals surface area contributed by atoms with Crippen molar-refractivity contribution in [2.24, 2.45) is 0 Å². The van der Waals surface area contributed by atoms with Crippen LogP contribution in [0.1, 0.15) is 31.2 Å². The predicted molar refractivity (Wildman–Crippen MR) is 155 cm³/mol. The van der Waals surface area contributed by atoms with Crippen LogP contribution in [0.5, 0.6) is 0 Å². The van der Waals surface area contributed by atoms with Crippen LogP contribution in [0.25, 0.3) is 43.9 Å². The van der Waals surface area contributed by atoms with Crippen LogP contribution in [0.3, 0.4) is 0 Å². The number of aromatic nitrogens is 6. The molecular weight excluding hydrogens is 470 g/mol. The number of imidazole rings is 2. The molecular formula is C31H29N7. The Bertz CT molecular complexity index is 1850. The standard InChI is InChI=1S/C21H22N4.C10H7N3/c1-2-3-13-18-24-19-20(25(18)14-15-9-5-4-6-10-15)16-11-7-8-12-17(16)23-21(19)22;1-2-7-3-4-8-10(13-6-12-8)9(7)11-5-1/h4-12H,2-3,13-14H2,1H3,(H2,22,23);1-6H,(H,12,13). The van der Waals surface area contributed by atoms with Crippen molar-refractivity contribution in [2.75, 3.05) is 5.73 Å². The molecule has 0 aliphatic heterocycles. The fraction of sp³-hybridized carbons (Fsp3) is 0.161. The van der Waals surface area contributed by atoms with Crippen molar-refractivity contribution in [1.29, 1.82) is 0 Å². The third-order valence-electron chi connectivity index (χ3n) is 6.79. The van der Waals surface area contributed by atoms with E-state index < -0.39 is 0 Å². The predicted octanol–water partition coefficient (Wildman–Crippen LogP) is 6.67. The highest BCUT2D eigenvalue weighted by atomic mass is 15.1. The Labute approximate surface area is 220 Å². The number of hydrogen-bond donors (Lipinski definition) is 2. The molecule has 0 spiro atoms. The lowest BCUT2D eigenvalue weighted by Crippen LogP contribution is -2.06. The average Bonchev–Trinajstić information content (AvgIpc) is 3.59. The second-order valence-corrected chi connectivity index (χ2v) is 9.35. The summed E-state index contributed by atoms with van der Waals surface area (Å²) in [6.07, 6.45) is 6.69. The lowest BCUT2D eigenvalue weighted by atomic mass is 10.1. The number of nitrogens with zero attached hydrogens (tertiary/aromatic N) is 5. The van der Waals surface area contributed by atoms with Crippen molar-refractivity contribution in [3.63, 3.8) is 0 Å². The Morgan fingerprint density at radius 2 is 1.66 bits per heavy atom. The fourth-order valence-corrected chi connectivity index (χ4v) is 4.91. The summed E-state index contributed by atoms with van der Waals surface area (Å²) in [7, 11) is 0. The minimum Gasteiger partial charge on any atom is -0.382 e. The maximum absolute atomic E-state index is 6.24. The molecule has 7 heteroatoms. The van der Waals surface area contributed by atoms with Crippen LogP contribution in [-0.4, -0.2) is 29.5 Å². The minimum absolute atomic E-state index is 0.512. The quantitative estimate of drug-likeness (QED) is 0.276. The molecule has 0 radical (unpaired) electrons. The molecule has 188 valence electrons. The zero-order valence-electron chi connectivity index (χ0n) is 21.3. The molecule has 0 saturated carbocycles. The van der Waals surface area contributed by atoms with E-state index in [2.05, 4.69) is 61.8 Å². The molecule has 0 saturated heterocycles. The molecule has 38 heavy (non-hydrogen) atoms. The van der Waals surface area contributed by atoms with E-state index in [0.717, 1.165) is 75.5 Å². The van der Waals surface area contributed by atoms with Gasteiger partial charge in [-0.05, 0) is 30.2 Å². The van der Waals surface area contributed by atoms with Crippen molar-refractivity contribution in [2.45, 2.75) is 32.7 Å². The number of rotatable bonds is 5. The zero-order chi connectivity index (χ0) is 25.9. The second-order valence-electron chi connectivity index (χ2n) is 9.35. The molecule has 0 bridgehead atoms. The summed E-state index contributed by atoms with van der Waals surface area (Å²) in [4.78, 5) is 21.0. The SMILES string of the molecule is CCCCc1nc2c(N)nc3ccccc3c2n1Cc1ccccc1.c1cnc2c(c1)ccc1[nH]cnc12. The van der Waals surface area contributed by atoms with Gasteiger partial charge in [0.25, 0.3) is 0 Å². The van der Waals surface area contributed by atoms with Gasteiger partial charge in [0, 0.05) is 29.9 Å². The number of pyridine rings is 2. The molecule has 0 aliphatic carbocycles. The Morgan fingerprint density at radius 1 is 0.816 bits per heavy atom. The summed E-state index contributed by atoms with van der Waals surface area (Å²) < 4.78 is 2.32. The van der Waals surface area contributed by atoms with Gasteiger partial charge in [-0.25, -0.2) is 15.0 Å². The van der Waals surface area contributed by atoms with Gasteiger partial charge in [-0.3, -0.25) is 4.98 Å². The third kappa shape index (κ3) is 4.43. The summed E-state index contributed by atoms with van der Waals surface area (Å²) >= 11 is 0. The van der Waals surface area contributed by atoms with E-state index in [0.29, 0.717) is 5.82 Å². The number of benzene rings is 3. The number of nitrogen functional groups attached to an aromatic ring is 1. The summed E-state index contributed by atoms with van der Waals surface area (Å²) in [5, 5.41) is 2.24. The first kappa shape index (κ1) is 23.6. The molecule has 0 atom stereocenters. The van der Waals surface area contributed by atoms with Crippen molar-refractivity contribution in [3.8, 4) is 0 Å². The van der Waals surface area contributed by atoms with E-state index in [1.807, 2.05) is 48.5 Å². The van der Waals surface area contributed by atoms with Crippen LogP contribution in [0, 0.1) is 0 Å². The van der Waals surface area contributed by atoms with E-state index in [1.165, 1.54) is 5.56 Å². The smallest absolute Gasteiger partial charge is 0.152 e. The first-order valence-electron chi connectivity index (χ1n) is 13.0. The number of nitrogens with two attached hydrogens (primary N) is 1. The normalized spacial score (nSPS) is 11.3. The zero-order valence-corrected chi connectivity index (χ0v) is 21.3. The molecule has 3 aromatic carbocycles. The third-order valence-corrected chi connectivity index (χ3v) is 6.79. The first-order valence-corrected chi connectivity index (χ1v) is 13.0. The highest BCUT2D eigenvalue weighted by molar-refractivity contribution is 6.06. The van der Waals surface area contributed by atoms with Gasteiger partial charge in [0.05, 0.1) is 28.4 Å². The van der Waals surface area contributed by atoms with Gasteiger partial charge in [0.1, 0.15) is 16.9 Å². The highest BCUT2D eigenvalue weighted by Gasteiger charge is 2.17. The Kier molecular flexibility index (Phi) is 6.40. The average molecular weight is 500 g/mol. The summed E-state index contributed by atoms with van der Waals surface area (Å²) in [6.45, 7) is 3.00. The number of hydrogen-bond acceptors (Lipinski definition) is 5. The van der Waals surface area contributed by atoms with Gasteiger partial charge in [0.2, 0.25) is 0 Å². The van der Waals surface area contributed by atoms with Crippen LogP contribution in [0.4, 0.5) is 5.82 Å². The fourth-order valence-electron chi connectivity index (χ4n) is 4.91. The van der Waals surface area contributed by atoms with Gasteiger partial charge in [-0.2, -0.15) is 0 Å². The lowest BCUT2D eigenvalue weighted by molar-refractivity contribution is 0.690. The number of aromatic amines is 1. The molecule has 0 unspecified atom stereocenters. The summed E-state index contributed by atoms with van der Waals surface area (Å²) in [6, 6.07) is 26.7. The van der Waals surface area contributed by atoms with Crippen LogP contribution in [0.15, 0.2) is 91.4 Å².